The summed E-state index contributed by atoms with van der Waals surface area (Å²) in [7, 11) is 0. The number of hydrogen-bond donors (Lipinski definition) is 1. The van der Waals surface area contributed by atoms with Crippen molar-refractivity contribution in [2.75, 3.05) is 0 Å². The molecule has 0 spiro atoms. The van der Waals surface area contributed by atoms with Gasteiger partial charge in [-0.25, -0.2) is 19.6 Å². The number of aryl methyl sites for hydroxylation is 2. The SMILES string of the molecule is Cc1cc(C)nc(SCc2cc(=O)n(-c3ccc(C(F)(F)F)cn3)[nH]2)n1. The van der Waals surface area contributed by atoms with Crippen LogP contribution in [0.1, 0.15) is 22.6 Å². The smallest absolute Gasteiger partial charge is 0.293 e. The Morgan fingerprint density at radius 3 is 2.42 bits per heavy atom. The van der Waals surface area contributed by atoms with Crippen LogP contribution in [-0.4, -0.2) is 24.7 Å². The monoisotopic (exact) mass is 381 g/mol. The minimum absolute atomic E-state index is 0.0851. The second-order valence-electron chi connectivity index (χ2n) is 5.58. The number of hydrogen-bond acceptors (Lipinski definition) is 5. The van der Waals surface area contributed by atoms with Crippen molar-refractivity contribution in [1.29, 1.82) is 0 Å². The maximum atomic E-state index is 12.6. The topological polar surface area (TPSA) is 76.5 Å². The average Bonchev–Trinajstić information content (AvgIpc) is 2.92. The fraction of sp³-hybridized carbons (Fsp3) is 0.250. The molecule has 0 unspecified atom stereocenters. The summed E-state index contributed by atoms with van der Waals surface area (Å²) < 4.78 is 38.9. The van der Waals surface area contributed by atoms with Gasteiger partial charge < -0.3 is 0 Å². The number of nitrogens with zero attached hydrogens (tertiary/aromatic N) is 4. The Hall–Kier alpha value is -2.62. The fourth-order valence-corrected chi connectivity index (χ4v) is 3.12. The van der Waals surface area contributed by atoms with Crippen LogP contribution in [-0.2, 0) is 11.9 Å². The first kappa shape index (κ1) is 18.2. The van der Waals surface area contributed by atoms with E-state index in [1.165, 1.54) is 17.8 Å². The Kier molecular flexibility index (Phi) is 4.86. The fourth-order valence-electron chi connectivity index (χ4n) is 2.28. The molecule has 0 atom stereocenters. The van der Waals surface area contributed by atoms with Gasteiger partial charge in [0.1, 0.15) is 0 Å². The van der Waals surface area contributed by atoms with E-state index in [1.54, 1.807) is 0 Å². The number of rotatable bonds is 4. The second-order valence-corrected chi connectivity index (χ2v) is 6.52. The average molecular weight is 381 g/mol. The molecule has 0 bridgehead atoms. The predicted octanol–water partition coefficient (Wildman–Crippen LogP) is 3.28. The quantitative estimate of drug-likeness (QED) is 0.554. The van der Waals surface area contributed by atoms with Crippen LogP contribution in [0.4, 0.5) is 13.2 Å². The van der Waals surface area contributed by atoms with E-state index in [9.17, 15) is 18.0 Å². The maximum Gasteiger partial charge on any atom is 0.417 e. The lowest BCUT2D eigenvalue weighted by atomic mass is 10.3. The molecule has 3 rings (SSSR count). The molecule has 0 aliphatic carbocycles. The number of aromatic amines is 1. The number of aromatic nitrogens is 5. The van der Waals surface area contributed by atoms with Crippen LogP contribution < -0.4 is 5.56 Å². The first-order chi connectivity index (χ1) is 12.2. The third kappa shape index (κ3) is 4.13. The number of pyridine rings is 1. The van der Waals surface area contributed by atoms with Crippen LogP contribution in [0.5, 0.6) is 0 Å². The van der Waals surface area contributed by atoms with E-state index in [1.807, 2.05) is 19.9 Å². The number of nitrogens with one attached hydrogen (secondary N) is 1. The molecule has 1 N–H and O–H groups in total. The van der Waals surface area contributed by atoms with Gasteiger partial charge in [0.25, 0.3) is 5.56 Å². The summed E-state index contributed by atoms with van der Waals surface area (Å²) in [6.07, 6.45) is -3.78. The zero-order valence-electron chi connectivity index (χ0n) is 13.8. The van der Waals surface area contributed by atoms with Crippen LogP contribution in [0.15, 0.2) is 40.4 Å². The molecule has 26 heavy (non-hydrogen) atoms. The first-order valence-corrected chi connectivity index (χ1v) is 8.50. The molecule has 0 amide bonds. The van der Waals surface area contributed by atoms with Crippen molar-refractivity contribution in [3.05, 3.63) is 63.5 Å². The van der Waals surface area contributed by atoms with Crippen LogP contribution >= 0.6 is 11.8 Å². The summed E-state index contributed by atoms with van der Waals surface area (Å²) >= 11 is 1.35. The normalized spacial score (nSPS) is 11.7. The number of halogens is 3. The Morgan fingerprint density at radius 1 is 1.15 bits per heavy atom. The van der Waals surface area contributed by atoms with Gasteiger partial charge >= 0.3 is 6.18 Å². The van der Waals surface area contributed by atoms with Crippen molar-refractivity contribution in [3.8, 4) is 5.82 Å². The van der Waals surface area contributed by atoms with Gasteiger partial charge in [0.15, 0.2) is 11.0 Å². The standard InChI is InChI=1S/C16H14F3N5OS/c1-9-5-10(2)22-15(21-9)26-8-12-6-14(25)24(23-12)13-4-3-11(7-20-13)16(17,18)19/h3-7,23H,8H2,1-2H3. The molecular weight excluding hydrogens is 367 g/mol. The van der Waals surface area contributed by atoms with Crippen molar-refractivity contribution < 1.29 is 13.2 Å². The Balaban J connectivity index is 1.78. The molecule has 0 fully saturated rings. The van der Waals surface area contributed by atoms with E-state index in [-0.39, 0.29) is 5.82 Å². The minimum Gasteiger partial charge on any atom is -0.293 e. The van der Waals surface area contributed by atoms with Crippen LogP contribution in [0.2, 0.25) is 0 Å². The predicted molar refractivity (Wildman–Crippen MR) is 90.3 cm³/mol. The third-order valence-corrected chi connectivity index (χ3v) is 4.29. The Morgan fingerprint density at radius 2 is 1.85 bits per heavy atom. The third-order valence-electron chi connectivity index (χ3n) is 3.40. The lowest BCUT2D eigenvalue weighted by Gasteiger charge is -2.07. The number of H-pyrrole nitrogens is 1. The molecule has 0 saturated heterocycles. The highest BCUT2D eigenvalue weighted by atomic mass is 32.2. The maximum absolute atomic E-state index is 12.6. The van der Waals surface area contributed by atoms with Crippen molar-refractivity contribution in [2.24, 2.45) is 0 Å². The molecule has 0 aliphatic rings. The first-order valence-electron chi connectivity index (χ1n) is 7.52. The van der Waals surface area contributed by atoms with E-state index in [0.717, 1.165) is 28.2 Å². The summed E-state index contributed by atoms with van der Waals surface area (Å²) in [6, 6.07) is 5.26. The van der Waals surface area contributed by atoms with E-state index < -0.39 is 17.3 Å². The van der Waals surface area contributed by atoms with Gasteiger partial charge in [-0.2, -0.15) is 13.2 Å². The van der Waals surface area contributed by atoms with Gasteiger partial charge in [-0.1, -0.05) is 11.8 Å². The molecule has 0 aromatic carbocycles. The van der Waals surface area contributed by atoms with Gasteiger partial charge in [0.05, 0.1) is 5.56 Å². The van der Waals surface area contributed by atoms with Crippen LogP contribution in [0.3, 0.4) is 0 Å². The highest BCUT2D eigenvalue weighted by molar-refractivity contribution is 7.98. The summed E-state index contributed by atoms with van der Waals surface area (Å²) in [5.41, 5.74) is 1.00. The van der Waals surface area contributed by atoms with Gasteiger partial charge in [0.2, 0.25) is 0 Å². The van der Waals surface area contributed by atoms with Crippen LogP contribution in [0.25, 0.3) is 5.82 Å². The van der Waals surface area contributed by atoms with E-state index in [0.29, 0.717) is 22.8 Å². The molecule has 10 heteroatoms. The Labute approximate surface area is 150 Å². The van der Waals surface area contributed by atoms with Crippen molar-refractivity contribution in [3.63, 3.8) is 0 Å². The molecular formula is C16H14F3N5OS. The zero-order valence-corrected chi connectivity index (χ0v) is 14.6. The minimum atomic E-state index is -4.47. The van der Waals surface area contributed by atoms with Gasteiger partial charge in [-0.15, -0.1) is 0 Å². The summed E-state index contributed by atoms with van der Waals surface area (Å²) in [5.74, 6) is 0.494. The molecule has 0 radical (unpaired) electrons. The lowest BCUT2D eigenvalue weighted by Crippen LogP contribution is -2.15. The van der Waals surface area contributed by atoms with Crippen molar-refractivity contribution in [2.45, 2.75) is 30.9 Å². The van der Waals surface area contributed by atoms with Crippen molar-refractivity contribution >= 4 is 11.8 Å². The summed E-state index contributed by atoms with van der Waals surface area (Å²) in [4.78, 5) is 24.4. The highest BCUT2D eigenvalue weighted by Gasteiger charge is 2.30. The van der Waals surface area contributed by atoms with Gasteiger partial charge in [-0.3, -0.25) is 9.89 Å². The number of alkyl halides is 3. The molecule has 6 nitrogen and oxygen atoms in total. The van der Waals surface area contributed by atoms with Crippen molar-refractivity contribution in [1.82, 2.24) is 24.7 Å². The van der Waals surface area contributed by atoms with Gasteiger partial charge in [0, 0.05) is 35.1 Å². The van der Waals surface area contributed by atoms with E-state index in [2.05, 4.69) is 20.1 Å². The molecule has 3 aromatic heterocycles. The van der Waals surface area contributed by atoms with Gasteiger partial charge in [-0.05, 0) is 32.0 Å². The Bertz CT molecular complexity index is 959. The molecule has 0 saturated carbocycles. The molecule has 3 heterocycles. The molecule has 136 valence electrons. The van der Waals surface area contributed by atoms with Crippen LogP contribution in [0, 0.1) is 13.8 Å². The van der Waals surface area contributed by atoms with E-state index >= 15 is 0 Å². The molecule has 3 aromatic rings. The summed E-state index contributed by atoms with van der Waals surface area (Å²) in [6.45, 7) is 3.74. The lowest BCUT2D eigenvalue weighted by molar-refractivity contribution is -0.137. The highest BCUT2D eigenvalue weighted by Crippen LogP contribution is 2.28. The largest absolute Gasteiger partial charge is 0.417 e. The second kappa shape index (κ2) is 6.94. The van der Waals surface area contributed by atoms with E-state index in [4.69, 9.17) is 0 Å². The number of thioether (sulfide) groups is 1. The zero-order chi connectivity index (χ0) is 18.9. The molecule has 0 aliphatic heterocycles. The summed E-state index contributed by atoms with van der Waals surface area (Å²) in [5, 5.41) is 3.43.